The van der Waals surface area contributed by atoms with E-state index in [1.165, 1.54) is 0 Å². The van der Waals surface area contributed by atoms with E-state index < -0.39 is 24.0 Å². The van der Waals surface area contributed by atoms with Gasteiger partial charge in [-0.15, -0.1) is 0 Å². The van der Waals surface area contributed by atoms with Crippen LogP contribution in [-0.4, -0.2) is 62.5 Å². The van der Waals surface area contributed by atoms with E-state index in [2.05, 4.69) is 16.0 Å². The van der Waals surface area contributed by atoms with Gasteiger partial charge in [-0.2, -0.15) is 0 Å². The number of carbonyl (C=O) groups is 3. The minimum atomic E-state index is -1.03. The summed E-state index contributed by atoms with van der Waals surface area (Å²) in [6, 6.07) is -1.87. The Morgan fingerprint density at radius 3 is 2.54 bits per heavy atom. The maximum atomic E-state index is 12.6. The normalized spacial score (nSPS) is 20.9. The Kier molecular flexibility index (Phi) is 9.33. The van der Waals surface area contributed by atoms with Gasteiger partial charge in [-0.05, 0) is 0 Å². The first-order valence-electron chi connectivity index (χ1n) is 8.46. The predicted octanol–water partition coefficient (Wildman–Crippen LogP) is 0.399. The molecule has 1 aliphatic rings. The summed E-state index contributed by atoms with van der Waals surface area (Å²) in [5.74, 6) is 0.340. The molecule has 1 heterocycles. The van der Waals surface area contributed by atoms with Gasteiger partial charge in [0.15, 0.2) is 0 Å². The molecule has 0 bridgehead atoms. The molecule has 1 aliphatic heterocycles. The third-order valence-corrected chi connectivity index (χ3v) is 5.75. The fourth-order valence-electron chi connectivity index (χ4n) is 2.62. The van der Waals surface area contributed by atoms with Crippen molar-refractivity contribution in [2.24, 2.45) is 5.92 Å². The van der Waals surface area contributed by atoms with Crippen LogP contribution in [-0.2, 0) is 14.4 Å². The van der Waals surface area contributed by atoms with Crippen LogP contribution in [0.2, 0.25) is 11.1 Å². The molecule has 0 aliphatic carbocycles. The van der Waals surface area contributed by atoms with Gasteiger partial charge in [0.1, 0.15) is 0 Å². The van der Waals surface area contributed by atoms with Crippen molar-refractivity contribution in [1.82, 2.24) is 16.0 Å². The molecule has 7 nitrogen and oxygen atoms in total. The van der Waals surface area contributed by atoms with Crippen LogP contribution in [0.25, 0.3) is 0 Å². The zero-order chi connectivity index (χ0) is 18.1. The maximum absolute atomic E-state index is 12.6. The average Bonchev–Trinajstić information content (AvgIpc) is 3.09. The van der Waals surface area contributed by atoms with Crippen LogP contribution >= 0.6 is 0 Å². The Bertz CT molecular complexity index is 441. The predicted molar refractivity (Wildman–Crippen MR) is 93.0 cm³/mol. The van der Waals surface area contributed by atoms with Gasteiger partial charge in [0, 0.05) is 0 Å². The van der Waals surface area contributed by atoms with E-state index in [4.69, 9.17) is 0 Å². The summed E-state index contributed by atoms with van der Waals surface area (Å²) in [5, 5.41) is 18.6. The second-order valence-electron chi connectivity index (χ2n) is 6.20. The van der Waals surface area contributed by atoms with E-state index in [1.807, 2.05) is 19.7 Å². The third-order valence-electron chi connectivity index (χ3n) is 4.40. The van der Waals surface area contributed by atoms with Crippen molar-refractivity contribution >= 4 is 32.7 Å². The van der Waals surface area contributed by atoms with Crippen LogP contribution in [0.5, 0.6) is 0 Å². The van der Waals surface area contributed by atoms with Gasteiger partial charge < -0.3 is 0 Å². The number of rotatable bonds is 10. The zero-order valence-corrected chi connectivity index (χ0v) is 16.3. The van der Waals surface area contributed by atoms with E-state index in [-0.39, 0.29) is 17.9 Å². The van der Waals surface area contributed by atoms with Gasteiger partial charge >= 0.3 is 149 Å². The molecule has 1 fully saturated rings. The minimum absolute atomic E-state index is 0.0693. The van der Waals surface area contributed by atoms with Crippen LogP contribution in [0.1, 0.15) is 39.5 Å². The van der Waals surface area contributed by atoms with Crippen molar-refractivity contribution in [1.29, 1.82) is 0 Å². The van der Waals surface area contributed by atoms with Gasteiger partial charge in [0.25, 0.3) is 0 Å². The Morgan fingerprint density at radius 2 is 2.04 bits per heavy atom. The number of hydrogen-bond donors (Lipinski definition) is 4. The molecule has 1 rings (SSSR count). The molecule has 24 heavy (non-hydrogen) atoms. The molecule has 0 unspecified atom stereocenters. The molecule has 0 spiro atoms. The Labute approximate surface area is 149 Å². The van der Waals surface area contributed by atoms with Crippen molar-refractivity contribution in [3.63, 3.8) is 0 Å². The van der Waals surface area contributed by atoms with Crippen LogP contribution in [0.4, 0.5) is 0 Å². The van der Waals surface area contributed by atoms with Crippen LogP contribution in [0.3, 0.4) is 0 Å². The SMILES string of the molecule is CC[C@H](C)[C@H](NC(=O)[C@@H]1CCCN1)C(=O)N[C@@H](CC[Se]C)C(=O)O. The van der Waals surface area contributed by atoms with Gasteiger partial charge in [-0.1, -0.05) is 0 Å². The molecular formula is C16H29N3O4Se. The summed E-state index contributed by atoms with van der Waals surface area (Å²) in [5.41, 5.74) is 0. The van der Waals surface area contributed by atoms with E-state index in [1.54, 1.807) is 0 Å². The van der Waals surface area contributed by atoms with Gasteiger partial charge in [-0.3, -0.25) is 0 Å². The number of hydrogen-bond acceptors (Lipinski definition) is 4. The fraction of sp³-hybridized carbons (Fsp3) is 0.812. The molecular weight excluding hydrogens is 377 g/mol. The molecule has 0 aromatic heterocycles. The standard InChI is InChI=1S/C16H29N3O4Se/c1-4-10(2)13(19-14(20)11-6-5-8-17-11)15(21)18-12(16(22)23)7-9-24-3/h10-13,17H,4-9H2,1-3H3,(H,18,21)(H,19,20)(H,22,23)/t10-,11-,12-,13-/m0/s1. The Hall–Kier alpha value is -1.11. The van der Waals surface area contributed by atoms with E-state index in [9.17, 15) is 19.5 Å². The monoisotopic (exact) mass is 407 g/mol. The average molecular weight is 406 g/mol. The molecule has 4 N–H and O–H groups in total. The molecule has 138 valence electrons. The summed E-state index contributed by atoms with van der Waals surface area (Å²) in [6.45, 7) is 4.63. The topological polar surface area (TPSA) is 108 Å². The number of aliphatic carboxylic acids is 1. The molecule has 0 aromatic rings. The number of carboxylic acid groups (broad SMARTS) is 1. The van der Waals surface area contributed by atoms with Crippen LogP contribution in [0, 0.1) is 5.92 Å². The fourth-order valence-corrected chi connectivity index (χ4v) is 3.61. The molecule has 4 atom stereocenters. The molecule has 0 aromatic carbocycles. The molecule has 1 saturated heterocycles. The van der Waals surface area contributed by atoms with Gasteiger partial charge in [-0.25, -0.2) is 0 Å². The van der Waals surface area contributed by atoms with Gasteiger partial charge in [0.05, 0.1) is 0 Å². The zero-order valence-electron chi connectivity index (χ0n) is 14.6. The Morgan fingerprint density at radius 1 is 1.33 bits per heavy atom. The van der Waals surface area contributed by atoms with Crippen molar-refractivity contribution < 1.29 is 19.5 Å². The van der Waals surface area contributed by atoms with Crippen molar-refractivity contribution in [3.05, 3.63) is 0 Å². The van der Waals surface area contributed by atoms with Crippen molar-refractivity contribution in [3.8, 4) is 0 Å². The second-order valence-corrected chi connectivity index (χ2v) is 8.27. The van der Waals surface area contributed by atoms with Crippen LogP contribution < -0.4 is 16.0 Å². The van der Waals surface area contributed by atoms with E-state index in [0.717, 1.165) is 24.7 Å². The number of carboxylic acids is 1. The summed E-state index contributed by atoms with van der Waals surface area (Å²) < 4.78 is 0. The second kappa shape index (κ2) is 10.7. The molecule has 8 heteroatoms. The third kappa shape index (κ3) is 6.42. The first-order chi connectivity index (χ1) is 11.4. The first-order valence-corrected chi connectivity index (χ1v) is 11.4. The molecule has 2 amide bonds. The van der Waals surface area contributed by atoms with Gasteiger partial charge in [0.2, 0.25) is 0 Å². The number of nitrogens with one attached hydrogen (secondary N) is 3. The van der Waals surface area contributed by atoms with Crippen molar-refractivity contribution in [2.75, 3.05) is 6.54 Å². The van der Waals surface area contributed by atoms with E-state index >= 15 is 0 Å². The molecule has 0 saturated carbocycles. The summed E-state index contributed by atoms with van der Waals surface area (Å²) in [4.78, 5) is 36.2. The van der Waals surface area contributed by atoms with Crippen molar-refractivity contribution in [2.45, 2.75) is 68.8 Å². The summed E-state index contributed by atoms with van der Waals surface area (Å²) >= 11 is 0.358. The quantitative estimate of drug-likeness (QED) is 0.393. The summed E-state index contributed by atoms with van der Waals surface area (Å²) in [7, 11) is 0. The summed E-state index contributed by atoms with van der Waals surface area (Å²) in [6.07, 6.45) is 2.84. The number of amides is 2. The van der Waals surface area contributed by atoms with E-state index in [0.29, 0.717) is 27.8 Å². The first kappa shape index (κ1) is 20.9. The number of carbonyl (C=O) groups excluding carboxylic acids is 2. The molecule has 0 radical (unpaired) electrons. The van der Waals surface area contributed by atoms with Crippen LogP contribution in [0.15, 0.2) is 0 Å². The Balaban J connectivity index is 2.72.